The molecule has 2 aliphatic rings. The van der Waals surface area contributed by atoms with Gasteiger partial charge >= 0.3 is 0 Å². The molecule has 1 aliphatic carbocycles. The Labute approximate surface area is 216 Å². The molecule has 0 spiro atoms. The molecule has 0 unspecified atom stereocenters. The summed E-state index contributed by atoms with van der Waals surface area (Å²) in [6.07, 6.45) is 2.50. The quantitative estimate of drug-likeness (QED) is 0.281. The van der Waals surface area contributed by atoms with Crippen molar-refractivity contribution in [3.8, 4) is 11.3 Å². The van der Waals surface area contributed by atoms with Gasteiger partial charge in [-0.3, -0.25) is 4.79 Å². The molecule has 1 aliphatic heterocycles. The second kappa shape index (κ2) is 8.96. The maximum atomic E-state index is 14.1. The van der Waals surface area contributed by atoms with E-state index in [1.54, 1.807) is 6.33 Å². The number of benzene rings is 2. The lowest BCUT2D eigenvalue weighted by Gasteiger charge is -2.32. The van der Waals surface area contributed by atoms with E-state index < -0.39 is 23.6 Å². The van der Waals surface area contributed by atoms with Gasteiger partial charge in [-0.15, -0.1) is 0 Å². The third-order valence-corrected chi connectivity index (χ3v) is 7.85. The number of halogens is 4. The van der Waals surface area contributed by atoms with Gasteiger partial charge in [0.15, 0.2) is 11.6 Å². The average Bonchev–Trinajstić information content (AvgIpc) is 3.55. The number of rotatable bonds is 4. The van der Waals surface area contributed by atoms with Crippen molar-refractivity contribution in [1.82, 2.24) is 19.1 Å². The van der Waals surface area contributed by atoms with Crippen LogP contribution in [0.25, 0.3) is 22.3 Å². The number of aromatic nitrogens is 4. The third-order valence-electron chi connectivity index (χ3n) is 7.85. The zero-order valence-corrected chi connectivity index (χ0v) is 21.1. The summed E-state index contributed by atoms with van der Waals surface area (Å²) in [4.78, 5) is 23.8. The molecule has 10 heteroatoms. The van der Waals surface area contributed by atoms with E-state index >= 15 is 0 Å². The molecular formula is C28H27F4N5O. The van der Waals surface area contributed by atoms with Crippen LogP contribution in [0.3, 0.4) is 0 Å². The first kappa shape index (κ1) is 24.6. The highest BCUT2D eigenvalue weighted by molar-refractivity contribution is 5.96. The number of imidazole rings is 2. The summed E-state index contributed by atoms with van der Waals surface area (Å²) >= 11 is 0. The number of anilines is 1. The molecular weight excluding hydrogens is 498 g/mol. The molecule has 0 bridgehead atoms. The number of hydrogen-bond acceptors (Lipinski definition) is 3. The van der Waals surface area contributed by atoms with Crippen LogP contribution in [0.4, 0.5) is 23.2 Å². The molecule has 6 nitrogen and oxygen atoms in total. The first-order valence-corrected chi connectivity index (χ1v) is 12.8. The first-order chi connectivity index (χ1) is 18.1. The number of nitrogens with zero attached hydrogens (tertiary/aromatic N) is 5. The van der Waals surface area contributed by atoms with E-state index in [2.05, 4.69) is 4.98 Å². The first-order valence-electron chi connectivity index (χ1n) is 12.8. The normalized spacial score (nSPS) is 20.1. The molecule has 4 aromatic rings. The van der Waals surface area contributed by atoms with Crippen molar-refractivity contribution >= 4 is 22.6 Å². The molecule has 1 amide bonds. The summed E-state index contributed by atoms with van der Waals surface area (Å²) in [7, 11) is 1.91. The number of hydrogen-bond donors (Lipinski definition) is 0. The number of carbonyl (C=O) groups excluding carboxylic acids is 1. The minimum atomic E-state index is -2.70. The topological polar surface area (TPSA) is 56.0 Å². The minimum absolute atomic E-state index is 0.217. The van der Waals surface area contributed by atoms with Crippen LogP contribution in [0.5, 0.6) is 0 Å². The van der Waals surface area contributed by atoms with Gasteiger partial charge in [0.2, 0.25) is 11.8 Å². The molecule has 0 N–H and O–H groups in total. The predicted molar refractivity (Wildman–Crippen MR) is 135 cm³/mol. The zero-order chi connectivity index (χ0) is 26.8. The molecule has 2 aromatic carbocycles. The van der Waals surface area contributed by atoms with Crippen molar-refractivity contribution in [3.05, 3.63) is 65.9 Å². The van der Waals surface area contributed by atoms with Gasteiger partial charge in [0.1, 0.15) is 5.82 Å². The highest BCUT2D eigenvalue weighted by Gasteiger charge is 2.41. The molecule has 1 saturated heterocycles. The van der Waals surface area contributed by atoms with Crippen molar-refractivity contribution in [2.24, 2.45) is 7.05 Å². The molecule has 38 heavy (non-hydrogen) atoms. The van der Waals surface area contributed by atoms with E-state index in [0.717, 1.165) is 34.6 Å². The summed E-state index contributed by atoms with van der Waals surface area (Å²) in [6, 6.07) is 8.51. The van der Waals surface area contributed by atoms with Crippen molar-refractivity contribution in [1.29, 1.82) is 0 Å². The highest BCUT2D eigenvalue weighted by atomic mass is 19.3. The van der Waals surface area contributed by atoms with E-state index in [1.165, 1.54) is 11.0 Å². The van der Waals surface area contributed by atoms with Crippen LogP contribution in [0.15, 0.2) is 42.7 Å². The fourth-order valence-electron chi connectivity index (χ4n) is 6.01. The van der Waals surface area contributed by atoms with E-state index in [1.807, 2.05) is 41.3 Å². The van der Waals surface area contributed by atoms with E-state index in [-0.39, 0.29) is 49.7 Å². The summed E-state index contributed by atoms with van der Waals surface area (Å²) in [5.41, 5.74) is 4.45. The smallest absolute Gasteiger partial charge is 0.248 e. The molecule has 1 atom stereocenters. The van der Waals surface area contributed by atoms with Crippen molar-refractivity contribution in [2.45, 2.75) is 63.5 Å². The monoisotopic (exact) mass is 525 g/mol. The molecule has 3 heterocycles. The molecule has 2 fully saturated rings. The Bertz CT molecular complexity index is 1530. The average molecular weight is 526 g/mol. The molecule has 198 valence electrons. The summed E-state index contributed by atoms with van der Waals surface area (Å²) in [6.45, 7) is 1.93. The number of amides is 1. The SMILES string of the molecule is Cc1ncn(C)c1-c1ccc2c(c1)nc([C@@H]1CCC(=O)N1c1ccc(F)c(F)c1)n2C1CCC(F)(F)CC1. The largest absolute Gasteiger partial charge is 0.334 e. The lowest BCUT2D eigenvalue weighted by atomic mass is 9.91. The fourth-order valence-corrected chi connectivity index (χ4v) is 6.01. The van der Waals surface area contributed by atoms with Crippen molar-refractivity contribution < 1.29 is 22.4 Å². The van der Waals surface area contributed by atoms with Gasteiger partial charge in [-0.2, -0.15) is 0 Å². The van der Waals surface area contributed by atoms with Crippen molar-refractivity contribution in [3.63, 3.8) is 0 Å². The number of fused-ring (bicyclic) bond motifs is 1. The number of aryl methyl sites for hydroxylation is 2. The van der Waals surface area contributed by atoms with Gasteiger partial charge in [0.25, 0.3) is 0 Å². The Balaban J connectivity index is 1.50. The van der Waals surface area contributed by atoms with Gasteiger partial charge in [-0.25, -0.2) is 27.5 Å². The highest BCUT2D eigenvalue weighted by Crippen LogP contribution is 2.44. The van der Waals surface area contributed by atoms with Crippen LogP contribution in [0, 0.1) is 18.6 Å². The maximum absolute atomic E-state index is 14.1. The Morgan fingerprint density at radius 2 is 1.76 bits per heavy atom. The van der Waals surface area contributed by atoms with Crippen LogP contribution in [-0.2, 0) is 11.8 Å². The molecule has 6 rings (SSSR count). The van der Waals surface area contributed by atoms with Crippen LogP contribution < -0.4 is 4.90 Å². The van der Waals surface area contributed by atoms with Crippen LogP contribution in [-0.4, -0.2) is 30.9 Å². The molecule has 0 radical (unpaired) electrons. The van der Waals surface area contributed by atoms with Crippen LogP contribution >= 0.6 is 0 Å². The summed E-state index contributed by atoms with van der Waals surface area (Å²) in [5.74, 6) is -4.38. The fraction of sp³-hybridized carbons (Fsp3) is 0.393. The van der Waals surface area contributed by atoms with E-state index in [9.17, 15) is 22.4 Å². The van der Waals surface area contributed by atoms with E-state index in [4.69, 9.17) is 4.98 Å². The molecule has 2 aromatic heterocycles. The Kier molecular flexibility index (Phi) is 5.81. The maximum Gasteiger partial charge on any atom is 0.248 e. The third kappa shape index (κ3) is 4.06. The lowest BCUT2D eigenvalue weighted by Crippen LogP contribution is -2.32. The minimum Gasteiger partial charge on any atom is -0.334 e. The molecule has 1 saturated carbocycles. The lowest BCUT2D eigenvalue weighted by molar-refractivity contribution is -0.117. The summed E-state index contributed by atoms with van der Waals surface area (Å²) in [5, 5.41) is 0. The van der Waals surface area contributed by atoms with Gasteiger partial charge < -0.3 is 14.0 Å². The second-order valence-electron chi connectivity index (χ2n) is 10.3. The number of carbonyl (C=O) groups is 1. The van der Waals surface area contributed by atoms with Crippen LogP contribution in [0.2, 0.25) is 0 Å². The standard InChI is InChI=1S/C28H27F4N5O/c1-16-26(35(2)15-33-16)17-3-6-23-22(13-17)34-27(37(23)18-9-11-28(31,32)12-10-18)24-7-8-25(38)36(24)19-4-5-20(29)21(30)14-19/h3-6,13-15,18,24H,7-12H2,1-2H3/t24-/m0/s1. The van der Waals surface area contributed by atoms with E-state index in [0.29, 0.717) is 17.8 Å². The van der Waals surface area contributed by atoms with Crippen LogP contribution in [0.1, 0.15) is 62.1 Å². The van der Waals surface area contributed by atoms with Gasteiger partial charge in [-0.1, -0.05) is 6.07 Å². The Hall–Kier alpha value is -3.69. The second-order valence-corrected chi connectivity index (χ2v) is 10.3. The van der Waals surface area contributed by atoms with Gasteiger partial charge in [0.05, 0.1) is 34.8 Å². The Morgan fingerprint density at radius 3 is 2.45 bits per heavy atom. The van der Waals surface area contributed by atoms with Crippen molar-refractivity contribution in [2.75, 3.05) is 4.90 Å². The Morgan fingerprint density at radius 1 is 1.00 bits per heavy atom. The van der Waals surface area contributed by atoms with Gasteiger partial charge in [0, 0.05) is 49.7 Å². The zero-order valence-electron chi connectivity index (χ0n) is 21.1. The summed E-state index contributed by atoms with van der Waals surface area (Å²) < 4.78 is 59.9. The number of alkyl halides is 2. The van der Waals surface area contributed by atoms with Gasteiger partial charge in [-0.05, 0) is 50.5 Å². The predicted octanol–water partition coefficient (Wildman–Crippen LogP) is 6.64.